The van der Waals surface area contributed by atoms with E-state index in [1.165, 1.54) is 0 Å². The number of likely N-dealkylation sites (tertiary alicyclic amines) is 1. The average molecular weight is 219 g/mol. The third-order valence-corrected chi connectivity index (χ3v) is 2.67. The Morgan fingerprint density at radius 3 is 2.44 bits per heavy atom. The van der Waals surface area contributed by atoms with E-state index >= 15 is 0 Å². The predicted octanol–water partition coefficient (Wildman–Crippen LogP) is 0.997. The van der Waals surface area contributed by atoms with Gasteiger partial charge in [-0.2, -0.15) is 0 Å². The summed E-state index contributed by atoms with van der Waals surface area (Å²) in [4.78, 5) is 24.0. The first kappa shape index (κ1) is 10.7. The van der Waals surface area contributed by atoms with Gasteiger partial charge in [-0.15, -0.1) is 0 Å². The normalized spacial score (nSPS) is 15.7. The Labute approximate surface area is 93.8 Å². The second kappa shape index (κ2) is 4.35. The average Bonchev–Trinajstić information content (AvgIpc) is 2.62. The van der Waals surface area contributed by atoms with E-state index in [1.54, 1.807) is 12.0 Å². The lowest BCUT2D eigenvalue weighted by molar-refractivity contribution is -0.140. The van der Waals surface area contributed by atoms with Crippen LogP contribution in [0, 0.1) is 0 Å². The summed E-state index contributed by atoms with van der Waals surface area (Å²) in [5, 5.41) is 0. The fraction of sp³-hybridized carbons (Fsp3) is 0.333. The van der Waals surface area contributed by atoms with Crippen LogP contribution in [0.15, 0.2) is 24.3 Å². The van der Waals surface area contributed by atoms with Gasteiger partial charge in [-0.25, -0.2) is 0 Å². The highest BCUT2D eigenvalue weighted by Gasteiger charge is 2.28. The lowest BCUT2D eigenvalue weighted by atomic mass is 10.2. The fourth-order valence-electron chi connectivity index (χ4n) is 1.72. The minimum absolute atomic E-state index is 0.284. The number of hydrogen-bond acceptors (Lipinski definition) is 3. The zero-order chi connectivity index (χ0) is 11.5. The molecule has 0 radical (unpaired) electrons. The van der Waals surface area contributed by atoms with Crippen molar-refractivity contribution in [3.63, 3.8) is 0 Å². The Balaban J connectivity index is 2.04. The number of nitrogens with zero attached hydrogens (tertiary/aromatic N) is 1. The lowest BCUT2D eigenvalue weighted by Crippen LogP contribution is -2.26. The molecule has 1 saturated heterocycles. The zero-order valence-electron chi connectivity index (χ0n) is 9.10. The summed E-state index contributed by atoms with van der Waals surface area (Å²) in [5.41, 5.74) is 1.00. The van der Waals surface area contributed by atoms with Gasteiger partial charge in [-0.1, -0.05) is 12.1 Å². The molecule has 1 aliphatic rings. The lowest BCUT2D eigenvalue weighted by Gasteiger charge is -2.14. The van der Waals surface area contributed by atoms with Crippen LogP contribution in [0.25, 0.3) is 0 Å². The summed E-state index contributed by atoms with van der Waals surface area (Å²) in [6.07, 6.45) is 0.342. The molecule has 0 saturated carbocycles. The van der Waals surface area contributed by atoms with Crippen LogP contribution in [-0.2, 0) is 16.1 Å². The molecule has 2 rings (SSSR count). The Morgan fingerprint density at radius 2 is 1.94 bits per heavy atom. The number of Topliss-reactive ketones (excluding diaryl/α,β-unsaturated/α-hetero) is 1. The Kier molecular flexibility index (Phi) is 2.90. The summed E-state index contributed by atoms with van der Waals surface area (Å²) in [6.45, 7) is 1.03. The van der Waals surface area contributed by atoms with Crippen molar-refractivity contribution in [2.24, 2.45) is 0 Å². The first-order valence-corrected chi connectivity index (χ1v) is 5.16. The molecule has 1 aromatic rings. The molecule has 0 spiro atoms. The summed E-state index contributed by atoms with van der Waals surface area (Å²) >= 11 is 0. The van der Waals surface area contributed by atoms with Crippen LogP contribution < -0.4 is 4.74 Å². The van der Waals surface area contributed by atoms with Gasteiger partial charge in [0.15, 0.2) is 0 Å². The van der Waals surface area contributed by atoms with Gasteiger partial charge < -0.3 is 9.64 Å². The van der Waals surface area contributed by atoms with Crippen molar-refractivity contribution in [3.8, 4) is 5.75 Å². The maximum Gasteiger partial charge on any atom is 0.290 e. The van der Waals surface area contributed by atoms with E-state index in [-0.39, 0.29) is 11.7 Å². The van der Waals surface area contributed by atoms with E-state index in [0.717, 1.165) is 11.3 Å². The Morgan fingerprint density at radius 1 is 1.25 bits per heavy atom. The van der Waals surface area contributed by atoms with Crippen LogP contribution >= 0.6 is 0 Å². The van der Waals surface area contributed by atoms with Crippen LogP contribution in [0.2, 0.25) is 0 Å². The van der Waals surface area contributed by atoms with Gasteiger partial charge in [0.2, 0.25) is 5.78 Å². The Hall–Kier alpha value is -1.84. The van der Waals surface area contributed by atoms with E-state index < -0.39 is 0 Å². The molecule has 4 nitrogen and oxygen atoms in total. The van der Waals surface area contributed by atoms with Gasteiger partial charge in [0, 0.05) is 19.5 Å². The second-order valence-corrected chi connectivity index (χ2v) is 3.75. The minimum atomic E-state index is -0.365. The largest absolute Gasteiger partial charge is 0.497 e. The number of hydrogen-bond donors (Lipinski definition) is 0. The van der Waals surface area contributed by atoms with E-state index in [0.29, 0.717) is 19.5 Å². The van der Waals surface area contributed by atoms with Crippen molar-refractivity contribution in [1.29, 1.82) is 0 Å². The number of benzene rings is 1. The minimum Gasteiger partial charge on any atom is -0.497 e. The predicted molar refractivity (Wildman–Crippen MR) is 58.0 cm³/mol. The topological polar surface area (TPSA) is 46.6 Å². The third-order valence-electron chi connectivity index (χ3n) is 2.67. The van der Waals surface area contributed by atoms with Crippen molar-refractivity contribution in [2.75, 3.05) is 13.7 Å². The molecular formula is C12H13NO3. The smallest absolute Gasteiger partial charge is 0.290 e. The molecule has 0 bridgehead atoms. The monoisotopic (exact) mass is 219 g/mol. The van der Waals surface area contributed by atoms with Crippen molar-refractivity contribution in [1.82, 2.24) is 4.90 Å². The van der Waals surface area contributed by atoms with Gasteiger partial charge in [0.05, 0.1) is 7.11 Å². The first-order valence-electron chi connectivity index (χ1n) is 5.16. The standard InChI is InChI=1S/C12H13NO3/c1-16-10-4-2-9(3-5-10)8-13-7-6-11(14)12(13)15/h2-5H,6-8H2,1H3. The molecule has 1 amide bonds. The van der Waals surface area contributed by atoms with Crippen LogP contribution in [-0.4, -0.2) is 30.2 Å². The SMILES string of the molecule is COc1ccc(CN2CCC(=O)C2=O)cc1. The zero-order valence-corrected chi connectivity index (χ0v) is 9.10. The van der Waals surface area contributed by atoms with Crippen LogP contribution in [0.5, 0.6) is 5.75 Å². The molecule has 4 heteroatoms. The maximum absolute atomic E-state index is 11.4. The molecule has 1 aromatic carbocycles. The van der Waals surface area contributed by atoms with Gasteiger partial charge >= 0.3 is 0 Å². The number of carbonyl (C=O) groups is 2. The number of rotatable bonds is 3. The highest BCUT2D eigenvalue weighted by atomic mass is 16.5. The van der Waals surface area contributed by atoms with Crippen molar-refractivity contribution in [2.45, 2.75) is 13.0 Å². The summed E-state index contributed by atoms with van der Waals surface area (Å²) in [6, 6.07) is 7.49. The molecule has 0 unspecified atom stereocenters. The fourth-order valence-corrected chi connectivity index (χ4v) is 1.72. The molecule has 0 atom stereocenters. The Bertz CT molecular complexity index is 411. The number of amides is 1. The highest BCUT2D eigenvalue weighted by molar-refractivity contribution is 6.37. The van der Waals surface area contributed by atoms with Gasteiger partial charge in [-0.05, 0) is 17.7 Å². The van der Waals surface area contributed by atoms with E-state index in [9.17, 15) is 9.59 Å². The van der Waals surface area contributed by atoms with Crippen molar-refractivity contribution in [3.05, 3.63) is 29.8 Å². The molecule has 0 N–H and O–H groups in total. The third kappa shape index (κ3) is 2.05. The van der Waals surface area contributed by atoms with Gasteiger partial charge in [0.25, 0.3) is 5.91 Å². The molecule has 0 aliphatic carbocycles. The van der Waals surface area contributed by atoms with Gasteiger partial charge in [-0.3, -0.25) is 9.59 Å². The molecular weight excluding hydrogens is 206 g/mol. The molecule has 1 aliphatic heterocycles. The van der Waals surface area contributed by atoms with Crippen LogP contribution in [0.4, 0.5) is 0 Å². The van der Waals surface area contributed by atoms with E-state index in [1.807, 2.05) is 24.3 Å². The molecule has 1 fully saturated rings. The second-order valence-electron chi connectivity index (χ2n) is 3.75. The maximum atomic E-state index is 11.4. The summed E-state index contributed by atoms with van der Waals surface area (Å²) < 4.78 is 5.04. The van der Waals surface area contributed by atoms with E-state index in [4.69, 9.17) is 4.74 Å². The molecule has 1 heterocycles. The summed E-state index contributed by atoms with van der Waals surface area (Å²) in [7, 11) is 1.61. The number of ketones is 1. The highest BCUT2D eigenvalue weighted by Crippen LogP contribution is 2.15. The van der Waals surface area contributed by atoms with Crippen LogP contribution in [0.3, 0.4) is 0 Å². The number of ether oxygens (including phenoxy) is 1. The van der Waals surface area contributed by atoms with E-state index in [2.05, 4.69) is 0 Å². The number of carbonyl (C=O) groups excluding carboxylic acids is 2. The first-order chi connectivity index (χ1) is 7.70. The quantitative estimate of drug-likeness (QED) is 0.712. The molecule has 0 aromatic heterocycles. The van der Waals surface area contributed by atoms with Crippen molar-refractivity contribution < 1.29 is 14.3 Å². The van der Waals surface area contributed by atoms with Crippen LogP contribution in [0.1, 0.15) is 12.0 Å². The van der Waals surface area contributed by atoms with Gasteiger partial charge in [0.1, 0.15) is 5.75 Å². The van der Waals surface area contributed by atoms with Crippen molar-refractivity contribution >= 4 is 11.7 Å². The number of methoxy groups -OCH3 is 1. The summed E-state index contributed by atoms with van der Waals surface area (Å²) in [5.74, 6) is 0.136. The molecule has 84 valence electrons. The molecule has 16 heavy (non-hydrogen) atoms.